The Balaban J connectivity index is 2.21. The van der Waals surface area contributed by atoms with Crippen molar-refractivity contribution in [3.8, 4) is 0 Å². The van der Waals surface area contributed by atoms with E-state index in [0.29, 0.717) is 16.5 Å². The van der Waals surface area contributed by atoms with Gasteiger partial charge >= 0.3 is 8.56 Å². The number of hydrogen-bond acceptors (Lipinski definition) is 2. The average Bonchev–Trinajstić information content (AvgIpc) is 2.74. The first-order chi connectivity index (χ1) is 9.36. The molecule has 20 heavy (non-hydrogen) atoms. The van der Waals surface area contributed by atoms with Crippen LogP contribution in [0.15, 0.2) is 0 Å². The van der Waals surface area contributed by atoms with Gasteiger partial charge in [-0.2, -0.15) is 0 Å². The van der Waals surface area contributed by atoms with Crippen molar-refractivity contribution in [2.75, 3.05) is 14.2 Å². The zero-order chi connectivity index (χ0) is 15.0. The number of hydrogen-bond donors (Lipinski definition) is 0. The Labute approximate surface area is 126 Å². The van der Waals surface area contributed by atoms with Crippen LogP contribution in [0.25, 0.3) is 0 Å². The highest BCUT2D eigenvalue weighted by atomic mass is 28.4. The third kappa shape index (κ3) is 2.86. The maximum Gasteiger partial charge on any atom is 0.344 e. The molecular formula is C17H34O2Si. The van der Waals surface area contributed by atoms with Gasteiger partial charge in [0.2, 0.25) is 0 Å². The summed E-state index contributed by atoms with van der Waals surface area (Å²) in [5, 5.41) is 0. The van der Waals surface area contributed by atoms with Crippen molar-refractivity contribution in [3.05, 3.63) is 0 Å². The molecule has 118 valence electrons. The van der Waals surface area contributed by atoms with Gasteiger partial charge in [-0.25, -0.2) is 0 Å². The lowest BCUT2D eigenvalue weighted by atomic mass is 9.77. The molecule has 2 nitrogen and oxygen atoms in total. The molecule has 2 atom stereocenters. The van der Waals surface area contributed by atoms with Crippen LogP contribution < -0.4 is 0 Å². The first-order valence-corrected chi connectivity index (χ1v) is 10.4. The van der Waals surface area contributed by atoms with Gasteiger partial charge in [0.25, 0.3) is 0 Å². The molecule has 0 amide bonds. The van der Waals surface area contributed by atoms with E-state index in [9.17, 15) is 0 Å². The minimum atomic E-state index is -2.10. The summed E-state index contributed by atoms with van der Waals surface area (Å²) in [6.45, 7) is 9.65. The Morgan fingerprint density at radius 3 is 1.70 bits per heavy atom. The van der Waals surface area contributed by atoms with E-state index >= 15 is 0 Å². The topological polar surface area (TPSA) is 18.5 Å². The Morgan fingerprint density at radius 1 is 0.850 bits per heavy atom. The molecule has 2 aliphatic carbocycles. The first-order valence-electron chi connectivity index (χ1n) is 8.46. The van der Waals surface area contributed by atoms with Crippen molar-refractivity contribution in [1.82, 2.24) is 0 Å². The van der Waals surface area contributed by atoms with Gasteiger partial charge in [0.15, 0.2) is 0 Å². The zero-order valence-corrected chi connectivity index (χ0v) is 15.4. The summed E-state index contributed by atoms with van der Waals surface area (Å²) >= 11 is 0. The fourth-order valence-electron chi connectivity index (χ4n) is 5.00. The standard InChI is InChI=1S/C17H34O2Si/c1-13-7-8-14(2)16(13)20(18-5,19-6)15-9-11-17(3,4)12-10-15/h13-16H,7-12H2,1-6H3. The van der Waals surface area contributed by atoms with E-state index in [1.54, 1.807) is 0 Å². The van der Waals surface area contributed by atoms with Crippen LogP contribution in [-0.2, 0) is 8.85 Å². The second kappa shape index (κ2) is 6.10. The maximum absolute atomic E-state index is 6.24. The van der Waals surface area contributed by atoms with Crippen LogP contribution in [0, 0.1) is 17.3 Å². The molecule has 0 radical (unpaired) electrons. The van der Waals surface area contributed by atoms with Gasteiger partial charge in [0.1, 0.15) is 0 Å². The van der Waals surface area contributed by atoms with E-state index in [-0.39, 0.29) is 0 Å². The smallest absolute Gasteiger partial charge is 0.344 e. The molecule has 2 rings (SSSR count). The molecule has 0 heterocycles. The summed E-state index contributed by atoms with van der Waals surface area (Å²) in [5.41, 5.74) is 1.90. The van der Waals surface area contributed by atoms with E-state index in [1.807, 2.05) is 14.2 Å². The summed E-state index contributed by atoms with van der Waals surface area (Å²) in [5.74, 6) is 1.54. The Kier molecular flexibility index (Phi) is 5.03. The Bertz CT molecular complexity index is 305. The molecule has 2 fully saturated rings. The van der Waals surface area contributed by atoms with Crippen molar-refractivity contribution in [3.63, 3.8) is 0 Å². The van der Waals surface area contributed by atoms with Crippen molar-refractivity contribution in [2.24, 2.45) is 17.3 Å². The van der Waals surface area contributed by atoms with Crippen molar-refractivity contribution < 1.29 is 8.85 Å². The van der Waals surface area contributed by atoms with Gasteiger partial charge in [-0.3, -0.25) is 0 Å². The lowest BCUT2D eigenvalue weighted by Gasteiger charge is -2.46. The van der Waals surface area contributed by atoms with Crippen molar-refractivity contribution in [2.45, 2.75) is 77.3 Å². The molecule has 0 aromatic rings. The predicted molar refractivity (Wildman–Crippen MR) is 87.1 cm³/mol. The van der Waals surface area contributed by atoms with E-state index in [2.05, 4.69) is 27.7 Å². The molecule has 0 aromatic heterocycles. The molecular weight excluding hydrogens is 264 g/mol. The molecule has 2 saturated carbocycles. The largest absolute Gasteiger partial charge is 0.397 e. The lowest BCUT2D eigenvalue weighted by Crippen LogP contribution is -2.53. The van der Waals surface area contributed by atoms with E-state index in [1.165, 1.54) is 38.5 Å². The highest BCUT2D eigenvalue weighted by Gasteiger charge is 2.57. The monoisotopic (exact) mass is 298 g/mol. The summed E-state index contributed by atoms with van der Waals surface area (Å²) < 4.78 is 12.5. The van der Waals surface area contributed by atoms with E-state index < -0.39 is 8.56 Å². The number of rotatable bonds is 4. The lowest BCUT2D eigenvalue weighted by molar-refractivity contribution is 0.164. The van der Waals surface area contributed by atoms with Gasteiger partial charge in [0.05, 0.1) is 0 Å². The molecule has 0 aromatic carbocycles. The summed E-state index contributed by atoms with van der Waals surface area (Å²) in [4.78, 5) is 0. The summed E-state index contributed by atoms with van der Waals surface area (Å²) in [7, 11) is 1.75. The summed E-state index contributed by atoms with van der Waals surface area (Å²) in [6.07, 6.45) is 7.97. The van der Waals surface area contributed by atoms with Crippen LogP contribution in [0.2, 0.25) is 11.1 Å². The Morgan fingerprint density at radius 2 is 1.30 bits per heavy atom. The van der Waals surface area contributed by atoms with Gasteiger partial charge in [-0.1, -0.05) is 40.5 Å². The van der Waals surface area contributed by atoms with E-state index in [0.717, 1.165) is 11.8 Å². The average molecular weight is 299 g/mol. The molecule has 0 saturated heterocycles. The van der Waals surface area contributed by atoms with E-state index in [4.69, 9.17) is 8.85 Å². The predicted octanol–water partition coefficient (Wildman–Crippen LogP) is 5.13. The highest BCUT2D eigenvalue weighted by molar-refractivity contribution is 6.70. The normalized spacial score (nSPS) is 35.4. The van der Waals surface area contributed by atoms with Crippen LogP contribution in [-0.4, -0.2) is 22.8 Å². The molecule has 0 spiro atoms. The summed E-state index contributed by atoms with van der Waals surface area (Å²) in [6, 6.07) is 0. The second-order valence-corrected chi connectivity index (χ2v) is 11.9. The quantitative estimate of drug-likeness (QED) is 0.670. The molecule has 0 bridgehead atoms. The van der Waals surface area contributed by atoms with Gasteiger partial charge < -0.3 is 8.85 Å². The third-order valence-corrected chi connectivity index (χ3v) is 11.4. The first kappa shape index (κ1) is 16.5. The van der Waals surface area contributed by atoms with Crippen molar-refractivity contribution in [1.29, 1.82) is 0 Å². The molecule has 2 unspecified atom stereocenters. The molecule has 3 heteroatoms. The fraction of sp³-hybridized carbons (Fsp3) is 1.00. The van der Waals surface area contributed by atoms with Gasteiger partial charge in [0, 0.05) is 25.3 Å². The van der Waals surface area contributed by atoms with Crippen LogP contribution in [0.4, 0.5) is 0 Å². The molecule has 2 aliphatic rings. The van der Waals surface area contributed by atoms with Crippen LogP contribution in [0.1, 0.15) is 66.2 Å². The highest BCUT2D eigenvalue weighted by Crippen LogP contribution is 2.56. The van der Waals surface area contributed by atoms with Crippen LogP contribution in [0.5, 0.6) is 0 Å². The van der Waals surface area contributed by atoms with Crippen LogP contribution in [0.3, 0.4) is 0 Å². The maximum atomic E-state index is 6.24. The van der Waals surface area contributed by atoms with Gasteiger partial charge in [-0.05, 0) is 42.9 Å². The minimum absolute atomic E-state index is 0.519. The Hall–Kier alpha value is 0.137. The second-order valence-electron chi connectivity index (χ2n) is 8.13. The van der Waals surface area contributed by atoms with Crippen LogP contribution >= 0.6 is 0 Å². The van der Waals surface area contributed by atoms with Gasteiger partial charge in [-0.15, -0.1) is 0 Å². The minimum Gasteiger partial charge on any atom is -0.397 e. The molecule has 0 N–H and O–H groups in total. The van der Waals surface area contributed by atoms with Crippen molar-refractivity contribution >= 4 is 8.56 Å². The third-order valence-electron chi connectivity index (χ3n) is 6.31. The molecule has 0 aliphatic heterocycles. The SMILES string of the molecule is CO[Si](OC)(C1CCC(C)(C)CC1)C1C(C)CCC1C. The fourth-order valence-corrected chi connectivity index (χ4v) is 9.94. The zero-order valence-electron chi connectivity index (χ0n) is 14.4.